The highest BCUT2D eigenvalue weighted by molar-refractivity contribution is 9.10. The van der Waals surface area contributed by atoms with Gasteiger partial charge in [-0.25, -0.2) is 4.39 Å². The van der Waals surface area contributed by atoms with Crippen LogP contribution in [0.15, 0.2) is 22.7 Å². The van der Waals surface area contributed by atoms with Crippen LogP contribution in [0, 0.1) is 5.82 Å². The van der Waals surface area contributed by atoms with Crippen LogP contribution >= 0.6 is 27.7 Å². The molecule has 0 saturated heterocycles. The Morgan fingerprint density at radius 1 is 1.53 bits per heavy atom. The van der Waals surface area contributed by atoms with Gasteiger partial charge in [0.2, 0.25) is 0 Å². The molecule has 2 N–H and O–H groups in total. The molecule has 1 aromatic rings. The summed E-state index contributed by atoms with van der Waals surface area (Å²) < 4.78 is 14.2. The van der Waals surface area contributed by atoms with E-state index in [2.05, 4.69) is 22.9 Å². The molecule has 0 radical (unpaired) electrons. The zero-order valence-electron chi connectivity index (χ0n) is 8.67. The number of thioether (sulfide) groups is 1. The predicted molar refractivity (Wildman–Crippen MR) is 68.5 cm³/mol. The lowest BCUT2D eigenvalue weighted by Crippen LogP contribution is -2.07. The van der Waals surface area contributed by atoms with Crippen LogP contribution in [0.1, 0.15) is 18.9 Å². The van der Waals surface area contributed by atoms with Crippen LogP contribution in [0.3, 0.4) is 0 Å². The Balaban J connectivity index is 2.50. The van der Waals surface area contributed by atoms with E-state index in [-0.39, 0.29) is 5.82 Å². The minimum atomic E-state index is -0.142. The third-order valence-electron chi connectivity index (χ3n) is 2.11. The Morgan fingerprint density at radius 3 is 2.87 bits per heavy atom. The SMILES string of the molecule is CC(CCN)SCc1ccc(Br)cc1F. The Labute approximate surface area is 103 Å². The topological polar surface area (TPSA) is 26.0 Å². The third-order valence-corrected chi connectivity index (χ3v) is 3.89. The molecule has 84 valence electrons. The molecule has 0 bridgehead atoms. The molecular weight excluding hydrogens is 277 g/mol. The van der Waals surface area contributed by atoms with Gasteiger partial charge in [-0.1, -0.05) is 28.9 Å². The molecule has 4 heteroatoms. The number of hydrogen-bond donors (Lipinski definition) is 1. The number of nitrogens with two attached hydrogens (primary N) is 1. The van der Waals surface area contributed by atoms with Gasteiger partial charge in [0.25, 0.3) is 0 Å². The normalized spacial score (nSPS) is 12.8. The maximum Gasteiger partial charge on any atom is 0.128 e. The zero-order valence-corrected chi connectivity index (χ0v) is 11.1. The van der Waals surface area contributed by atoms with E-state index < -0.39 is 0 Å². The van der Waals surface area contributed by atoms with Crippen LogP contribution in [-0.2, 0) is 5.75 Å². The summed E-state index contributed by atoms with van der Waals surface area (Å²) in [6.45, 7) is 2.81. The van der Waals surface area contributed by atoms with Gasteiger partial charge >= 0.3 is 0 Å². The largest absolute Gasteiger partial charge is 0.330 e. The van der Waals surface area contributed by atoms with Crippen molar-refractivity contribution in [2.24, 2.45) is 5.73 Å². The number of halogens is 2. The van der Waals surface area contributed by atoms with E-state index >= 15 is 0 Å². The van der Waals surface area contributed by atoms with E-state index in [9.17, 15) is 4.39 Å². The summed E-state index contributed by atoms with van der Waals surface area (Å²) >= 11 is 4.98. The molecule has 0 aromatic heterocycles. The van der Waals surface area contributed by atoms with Crippen LogP contribution in [0.5, 0.6) is 0 Å². The first-order valence-corrected chi connectivity index (χ1v) is 6.73. The van der Waals surface area contributed by atoms with Crippen LogP contribution in [-0.4, -0.2) is 11.8 Å². The van der Waals surface area contributed by atoms with Crippen molar-refractivity contribution in [2.45, 2.75) is 24.3 Å². The van der Waals surface area contributed by atoms with Gasteiger partial charge in [-0.05, 0) is 30.7 Å². The van der Waals surface area contributed by atoms with Gasteiger partial charge in [-0.2, -0.15) is 11.8 Å². The van der Waals surface area contributed by atoms with Gasteiger partial charge in [0.15, 0.2) is 0 Å². The minimum absolute atomic E-state index is 0.142. The fraction of sp³-hybridized carbons (Fsp3) is 0.455. The molecule has 0 heterocycles. The van der Waals surface area contributed by atoms with Crippen LogP contribution in [0.2, 0.25) is 0 Å². The highest BCUT2D eigenvalue weighted by atomic mass is 79.9. The molecule has 0 fully saturated rings. The van der Waals surface area contributed by atoms with E-state index in [1.165, 1.54) is 6.07 Å². The van der Waals surface area contributed by atoms with E-state index in [1.54, 1.807) is 11.8 Å². The second kappa shape index (κ2) is 6.51. The quantitative estimate of drug-likeness (QED) is 0.898. The number of hydrogen-bond acceptors (Lipinski definition) is 2. The third kappa shape index (κ3) is 4.53. The molecule has 0 amide bonds. The molecule has 0 aliphatic heterocycles. The lowest BCUT2D eigenvalue weighted by molar-refractivity contribution is 0.616. The molecule has 0 aliphatic rings. The van der Waals surface area contributed by atoms with E-state index in [1.807, 2.05) is 12.1 Å². The van der Waals surface area contributed by atoms with Crippen molar-refractivity contribution in [1.82, 2.24) is 0 Å². The smallest absolute Gasteiger partial charge is 0.128 e. The Morgan fingerprint density at radius 2 is 2.27 bits per heavy atom. The van der Waals surface area contributed by atoms with Gasteiger partial charge in [-0.15, -0.1) is 0 Å². The molecule has 0 spiro atoms. The summed E-state index contributed by atoms with van der Waals surface area (Å²) in [7, 11) is 0. The Hall–Kier alpha value is -0.0600. The summed E-state index contributed by atoms with van der Waals surface area (Å²) in [6, 6.07) is 5.19. The fourth-order valence-corrected chi connectivity index (χ4v) is 2.52. The van der Waals surface area contributed by atoms with Gasteiger partial charge in [0.1, 0.15) is 5.82 Å². The minimum Gasteiger partial charge on any atom is -0.330 e. The number of rotatable bonds is 5. The van der Waals surface area contributed by atoms with Gasteiger partial charge in [0, 0.05) is 15.5 Å². The summed E-state index contributed by atoms with van der Waals surface area (Å²) in [5, 5.41) is 0.484. The Bertz CT molecular complexity index is 319. The maximum atomic E-state index is 13.4. The van der Waals surface area contributed by atoms with E-state index in [0.717, 1.165) is 16.5 Å². The van der Waals surface area contributed by atoms with Crippen LogP contribution < -0.4 is 5.73 Å². The van der Waals surface area contributed by atoms with Crippen LogP contribution in [0.4, 0.5) is 4.39 Å². The highest BCUT2D eigenvalue weighted by Crippen LogP contribution is 2.23. The first kappa shape index (κ1) is 13.0. The molecule has 1 unspecified atom stereocenters. The molecular formula is C11H15BrFNS. The molecule has 15 heavy (non-hydrogen) atoms. The van der Waals surface area contributed by atoms with Crippen molar-refractivity contribution in [1.29, 1.82) is 0 Å². The van der Waals surface area contributed by atoms with Crippen molar-refractivity contribution in [3.8, 4) is 0 Å². The average Bonchev–Trinajstić information content (AvgIpc) is 2.17. The second-order valence-electron chi connectivity index (χ2n) is 3.43. The predicted octanol–water partition coefficient (Wildman–Crippen LogP) is 3.56. The highest BCUT2D eigenvalue weighted by Gasteiger charge is 2.06. The van der Waals surface area contributed by atoms with Gasteiger partial charge < -0.3 is 5.73 Å². The van der Waals surface area contributed by atoms with Crippen molar-refractivity contribution in [3.63, 3.8) is 0 Å². The lowest BCUT2D eigenvalue weighted by atomic mass is 10.2. The van der Waals surface area contributed by atoms with Gasteiger partial charge in [-0.3, -0.25) is 0 Å². The summed E-state index contributed by atoms with van der Waals surface area (Å²) in [5.74, 6) is 0.567. The summed E-state index contributed by atoms with van der Waals surface area (Å²) in [6.07, 6.45) is 0.975. The van der Waals surface area contributed by atoms with E-state index in [0.29, 0.717) is 17.5 Å². The molecule has 0 saturated carbocycles. The fourth-order valence-electron chi connectivity index (χ4n) is 1.19. The van der Waals surface area contributed by atoms with Crippen LogP contribution in [0.25, 0.3) is 0 Å². The lowest BCUT2D eigenvalue weighted by Gasteiger charge is -2.10. The first-order valence-electron chi connectivity index (χ1n) is 4.89. The number of benzene rings is 1. The van der Waals surface area contributed by atoms with Crippen molar-refractivity contribution in [3.05, 3.63) is 34.1 Å². The van der Waals surface area contributed by atoms with Crippen molar-refractivity contribution < 1.29 is 4.39 Å². The van der Waals surface area contributed by atoms with Gasteiger partial charge in [0.05, 0.1) is 0 Å². The van der Waals surface area contributed by atoms with Crippen molar-refractivity contribution in [2.75, 3.05) is 6.54 Å². The Kier molecular flexibility index (Phi) is 5.64. The summed E-state index contributed by atoms with van der Waals surface area (Å²) in [4.78, 5) is 0. The monoisotopic (exact) mass is 291 g/mol. The second-order valence-corrected chi connectivity index (χ2v) is 5.78. The van der Waals surface area contributed by atoms with E-state index in [4.69, 9.17) is 5.73 Å². The maximum absolute atomic E-state index is 13.4. The molecule has 1 aromatic carbocycles. The van der Waals surface area contributed by atoms with Crippen molar-refractivity contribution >= 4 is 27.7 Å². The molecule has 1 nitrogen and oxygen atoms in total. The standard InChI is InChI=1S/C11H15BrFNS/c1-8(4-5-14)15-7-9-2-3-10(12)6-11(9)13/h2-3,6,8H,4-5,7,14H2,1H3. The zero-order chi connectivity index (χ0) is 11.3. The summed E-state index contributed by atoms with van der Waals surface area (Å²) in [5.41, 5.74) is 6.21. The molecule has 0 aliphatic carbocycles. The average molecular weight is 292 g/mol. The first-order chi connectivity index (χ1) is 7.13. The molecule has 1 atom stereocenters. The molecule has 1 rings (SSSR count).